The van der Waals surface area contributed by atoms with E-state index < -0.39 is 11.7 Å². The van der Waals surface area contributed by atoms with Gasteiger partial charge in [-0.2, -0.15) is 0 Å². The molecule has 2 rings (SSSR count). The van der Waals surface area contributed by atoms with Gasteiger partial charge in [-0.1, -0.05) is 23.7 Å². The SMILES string of the molecule is CC(C)(C)OC(=O)NCc1cc2cccc(Cl)c2o1. The molecular weight excluding hydrogens is 266 g/mol. The topological polar surface area (TPSA) is 51.5 Å². The van der Waals surface area contributed by atoms with Crippen LogP contribution in [0.5, 0.6) is 0 Å². The Morgan fingerprint density at radius 3 is 2.79 bits per heavy atom. The normalized spacial score (nSPS) is 11.6. The van der Waals surface area contributed by atoms with Gasteiger partial charge in [-0.15, -0.1) is 0 Å². The molecule has 19 heavy (non-hydrogen) atoms. The molecule has 1 aromatic heterocycles. The number of nitrogens with one attached hydrogen (secondary N) is 1. The molecule has 1 heterocycles. The Bertz CT molecular complexity index is 598. The van der Waals surface area contributed by atoms with Crippen molar-refractivity contribution in [2.45, 2.75) is 32.9 Å². The number of hydrogen-bond acceptors (Lipinski definition) is 3. The predicted molar refractivity (Wildman–Crippen MR) is 74.3 cm³/mol. The summed E-state index contributed by atoms with van der Waals surface area (Å²) < 4.78 is 10.7. The van der Waals surface area contributed by atoms with E-state index in [4.69, 9.17) is 20.8 Å². The van der Waals surface area contributed by atoms with Crippen LogP contribution in [0.4, 0.5) is 4.79 Å². The zero-order chi connectivity index (χ0) is 14.0. The first-order chi connectivity index (χ1) is 8.85. The maximum absolute atomic E-state index is 11.5. The smallest absolute Gasteiger partial charge is 0.408 e. The van der Waals surface area contributed by atoms with Crippen LogP contribution in [0, 0.1) is 0 Å². The number of hydrogen-bond donors (Lipinski definition) is 1. The molecule has 0 spiro atoms. The van der Waals surface area contributed by atoms with Crippen LogP contribution in [0.25, 0.3) is 11.0 Å². The second kappa shape index (κ2) is 5.13. The van der Waals surface area contributed by atoms with Gasteiger partial charge in [-0.05, 0) is 32.9 Å². The first-order valence-electron chi connectivity index (χ1n) is 5.99. The van der Waals surface area contributed by atoms with E-state index >= 15 is 0 Å². The van der Waals surface area contributed by atoms with E-state index in [0.717, 1.165) is 5.39 Å². The van der Waals surface area contributed by atoms with Gasteiger partial charge in [0.25, 0.3) is 0 Å². The predicted octanol–water partition coefficient (Wildman–Crippen LogP) is 4.11. The van der Waals surface area contributed by atoms with Gasteiger partial charge >= 0.3 is 6.09 Å². The lowest BCUT2D eigenvalue weighted by Crippen LogP contribution is -2.32. The van der Waals surface area contributed by atoms with E-state index in [1.54, 1.807) is 6.07 Å². The number of alkyl carbamates (subject to hydrolysis) is 1. The van der Waals surface area contributed by atoms with Crippen LogP contribution in [0.3, 0.4) is 0 Å². The summed E-state index contributed by atoms with van der Waals surface area (Å²) in [6.45, 7) is 5.70. The van der Waals surface area contributed by atoms with E-state index in [0.29, 0.717) is 16.4 Å². The highest BCUT2D eigenvalue weighted by Crippen LogP contribution is 2.26. The van der Waals surface area contributed by atoms with Crippen molar-refractivity contribution >= 4 is 28.7 Å². The summed E-state index contributed by atoms with van der Waals surface area (Å²) in [5.41, 5.74) is 0.117. The molecule has 2 aromatic rings. The third-order valence-corrected chi connectivity index (χ3v) is 2.65. The quantitative estimate of drug-likeness (QED) is 0.901. The number of furan rings is 1. The van der Waals surface area contributed by atoms with Crippen molar-refractivity contribution in [2.24, 2.45) is 0 Å². The van der Waals surface area contributed by atoms with Crippen molar-refractivity contribution in [2.75, 3.05) is 0 Å². The lowest BCUT2D eigenvalue weighted by atomic mass is 10.2. The number of para-hydroxylation sites is 1. The van der Waals surface area contributed by atoms with Crippen LogP contribution < -0.4 is 5.32 Å². The third kappa shape index (κ3) is 3.64. The summed E-state index contributed by atoms with van der Waals surface area (Å²) in [6.07, 6.45) is -0.473. The molecule has 0 radical (unpaired) electrons. The number of amides is 1. The first-order valence-corrected chi connectivity index (χ1v) is 6.37. The van der Waals surface area contributed by atoms with Crippen molar-refractivity contribution in [3.8, 4) is 0 Å². The van der Waals surface area contributed by atoms with E-state index in [2.05, 4.69) is 5.32 Å². The van der Waals surface area contributed by atoms with Crippen LogP contribution in [0.15, 0.2) is 28.7 Å². The molecule has 1 amide bonds. The zero-order valence-corrected chi connectivity index (χ0v) is 11.9. The number of rotatable bonds is 2. The van der Waals surface area contributed by atoms with Crippen molar-refractivity contribution in [1.82, 2.24) is 5.32 Å². The van der Waals surface area contributed by atoms with Crippen molar-refractivity contribution in [1.29, 1.82) is 0 Å². The van der Waals surface area contributed by atoms with Crippen LogP contribution in [0.1, 0.15) is 26.5 Å². The average Bonchev–Trinajstić information content (AvgIpc) is 2.68. The number of ether oxygens (including phenoxy) is 1. The maximum Gasteiger partial charge on any atom is 0.408 e. The molecule has 0 atom stereocenters. The second-order valence-corrected chi connectivity index (χ2v) is 5.63. The summed E-state index contributed by atoms with van der Waals surface area (Å²) in [6, 6.07) is 7.37. The molecule has 0 fully saturated rings. The van der Waals surface area contributed by atoms with E-state index in [1.165, 1.54) is 0 Å². The molecule has 5 heteroatoms. The van der Waals surface area contributed by atoms with Crippen LogP contribution in [0.2, 0.25) is 5.02 Å². The van der Waals surface area contributed by atoms with Gasteiger partial charge in [-0.3, -0.25) is 0 Å². The summed E-state index contributed by atoms with van der Waals surface area (Å²) in [5.74, 6) is 0.633. The van der Waals surface area contributed by atoms with E-state index in [1.807, 2.05) is 39.0 Å². The molecule has 0 aliphatic heterocycles. The maximum atomic E-state index is 11.5. The molecule has 1 N–H and O–H groups in total. The number of benzene rings is 1. The minimum Gasteiger partial charge on any atom is -0.458 e. The van der Waals surface area contributed by atoms with Gasteiger partial charge in [0, 0.05) is 5.39 Å². The summed E-state index contributed by atoms with van der Waals surface area (Å²) in [4.78, 5) is 11.5. The summed E-state index contributed by atoms with van der Waals surface area (Å²) >= 11 is 6.01. The van der Waals surface area contributed by atoms with Crippen molar-refractivity contribution in [3.63, 3.8) is 0 Å². The van der Waals surface area contributed by atoms with E-state index in [9.17, 15) is 4.79 Å². The van der Waals surface area contributed by atoms with Gasteiger partial charge in [0.15, 0.2) is 5.58 Å². The highest BCUT2D eigenvalue weighted by Gasteiger charge is 2.16. The lowest BCUT2D eigenvalue weighted by molar-refractivity contribution is 0.0520. The molecule has 0 aliphatic rings. The van der Waals surface area contributed by atoms with Gasteiger partial charge in [0.05, 0.1) is 11.6 Å². The van der Waals surface area contributed by atoms with Crippen LogP contribution in [-0.2, 0) is 11.3 Å². The van der Waals surface area contributed by atoms with Crippen LogP contribution in [-0.4, -0.2) is 11.7 Å². The Kier molecular flexibility index (Phi) is 3.71. The van der Waals surface area contributed by atoms with Crippen molar-refractivity contribution in [3.05, 3.63) is 35.0 Å². The highest BCUT2D eigenvalue weighted by molar-refractivity contribution is 6.34. The molecule has 0 aliphatic carbocycles. The zero-order valence-electron chi connectivity index (χ0n) is 11.1. The fourth-order valence-electron chi connectivity index (χ4n) is 1.64. The second-order valence-electron chi connectivity index (χ2n) is 5.23. The Balaban J connectivity index is 2.02. The van der Waals surface area contributed by atoms with Gasteiger partial charge in [0.2, 0.25) is 0 Å². The number of fused-ring (bicyclic) bond motifs is 1. The molecule has 0 bridgehead atoms. The van der Waals surface area contributed by atoms with Gasteiger partial charge in [0.1, 0.15) is 11.4 Å². The third-order valence-electron chi connectivity index (χ3n) is 2.35. The number of carbonyl (C=O) groups excluding carboxylic acids is 1. The van der Waals surface area contributed by atoms with Gasteiger partial charge in [-0.25, -0.2) is 4.79 Å². The standard InChI is InChI=1S/C14H16ClNO3/c1-14(2,3)19-13(17)16-8-10-7-9-5-4-6-11(15)12(9)18-10/h4-7H,8H2,1-3H3,(H,16,17). The summed E-state index contributed by atoms with van der Waals surface area (Å²) in [7, 11) is 0. The minimum absolute atomic E-state index is 0.264. The van der Waals surface area contributed by atoms with E-state index in [-0.39, 0.29) is 6.54 Å². The Morgan fingerprint density at radius 2 is 2.16 bits per heavy atom. The molecule has 4 nitrogen and oxygen atoms in total. The molecule has 0 saturated carbocycles. The first kappa shape index (κ1) is 13.7. The van der Waals surface area contributed by atoms with Crippen LogP contribution >= 0.6 is 11.6 Å². The molecular formula is C14H16ClNO3. The highest BCUT2D eigenvalue weighted by atomic mass is 35.5. The molecule has 1 aromatic carbocycles. The number of carbonyl (C=O) groups is 1. The fourth-order valence-corrected chi connectivity index (χ4v) is 1.86. The van der Waals surface area contributed by atoms with Crippen molar-refractivity contribution < 1.29 is 13.9 Å². The largest absolute Gasteiger partial charge is 0.458 e. The summed E-state index contributed by atoms with van der Waals surface area (Å²) in [5, 5.41) is 4.11. The number of halogens is 1. The molecule has 0 saturated heterocycles. The monoisotopic (exact) mass is 281 g/mol. The fraction of sp³-hybridized carbons (Fsp3) is 0.357. The Morgan fingerprint density at radius 1 is 1.42 bits per heavy atom. The Hall–Kier alpha value is -1.68. The Labute approximate surface area is 116 Å². The van der Waals surface area contributed by atoms with Gasteiger partial charge < -0.3 is 14.5 Å². The molecule has 102 valence electrons. The molecule has 0 unspecified atom stereocenters. The average molecular weight is 282 g/mol. The lowest BCUT2D eigenvalue weighted by Gasteiger charge is -2.19. The minimum atomic E-state index is -0.513.